The highest BCUT2D eigenvalue weighted by Crippen LogP contribution is 2.37. The zero-order chi connectivity index (χ0) is 28.7. The second-order valence-electron chi connectivity index (χ2n) is 10.7. The van der Waals surface area contributed by atoms with E-state index in [4.69, 9.17) is 9.84 Å². The zero-order valence-corrected chi connectivity index (χ0v) is 22.9. The van der Waals surface area contributed by atoms with Crippen LogP contribution in [0.4, 0.5) is 9.18 Å². The van der Waals surface area contributed by atoms with E-state index in [2.05, 4.69) is 9.88 Å². The number of carboxylic acid groups (broad SMARTS) is 1. The van der Waals surface area contributed by atoms with E-state index in [9.17, 15) is 14.4 Å². The first-order valence-corrected chi connectivity index (χ1v) is 14.0. The van der Waals surface area contributed by atoms with Gasteiger partial charge in [-0.1, -0.05) is 24.3 Å². The Bertz CT molecular complexity index is 1500. The van der Waals surface area contributed by atoms with E-state index >= 15 is 4.39 Å². The molecule has 3 aliphatic rings. The van der Waals surface area contributed by atoms with E-state index in [1.165, 1.54) is 15.9 Å². The predicted molar refractivity (Wildman–Crippen MR) is 147 cm³/mol. The number of rotatable bonds is 7. The second kappa shape index (κ2) is 11.0. The Labute approximate surface area is 236 Å². The van der Waals surface area contributed by atoms with E-state index in [0.717, 1.165) is 36.2 Å². The van der Waals surface area contributed by atoms with Gasteiger partial charge < -0.3 is 24.2 Å². The van der Waals surface area contributed by atoms with Crippen LogP contribution >= 0.6 is 0 Å². The molecule has 214 valence electrons. The van der Waals surface area contributed by atoms with Crippen LogP contribution in [0.15, 0.2) is 42.7 Å². The average Bonchev–Trinajstić information content (AvgIpc) is 3.67. The molecule has 0 bridgehead atoms. The maximum Gasteiger partial charge on any atom is 0.407 e. The largest absolute Gasteiger partial charge is 0.465 e. The molecular formula is C30H32FN5O5. The van der Waals surface area contributed by atoms with Crippen molar-refractivity contribution < 1.29 is 28.6 Å². The number of aryl methyl sites for hydroxylation is 1. The third-order valence-corrected chi connectivity index (χ3v) is 8.22. The Hall–Kier alpha value is -4.25. The van der Waals surface area contributed by atoms with Crippen molar-refractivity contribution in [1.82, 2.24) is 24.3 Å². The van der Waals surface area contributed by atoms with E-state index in [0.29, 0.717) is 44.0 Å². The normalized spacial score (nSPS) is 17.5. The maximum absolute atomic E-state index is 15.5. The fourth-order valence-electron chi connectivity index (χ4n) is 6.06. The lowest BCUT2D eigenvalue weighted by molar-refractivity contribution is -0.149. The molecule has 0 aliphatic carbocycles. The third kappa shape index (κ3) is 5.06. The van der Waals surface area contributed by atoms with Gasteiger partial charge in [0.25, 0.3) is 5.91 Å². The number of nitrogens with zero attached hydrogens (tertiary/aromatic N) is 5. The Morgan fingerprint density at radius 2 is 1.83 bits per heavy atom. The number of aromatic nitrogens is 2. The number of piperazine rings is 1. The molecule has 1 saturated heterocycles. The van der Waals surface area contributed by atoms with Crippen molar-refractivity contribution in [2.45, 2.75) is 45.4 Å². The summed E-state index contributed by atoms with van der Waals surface area (Å²) >= 11 is 0. The van der Waals surface area contributed by atoms with E-state index < -0.39 is 29.8 Å². The molecule has 2 aromatic carbocycles. The number of hydrogen-bond donors (Lipinski definition) is 1. The van der Waals surface area contributed by atoms with Gasteiger partial charge in [-0.05, 0) is 48.6 Å². The van der Waals surface area contributed by atoms with Crippen molar-refractivity contribution in [3.05, 3.63) is 76.6 Å². The first kappa shape index (κ1) is 26.9. The van der Waals surface area contributed by atoms with Crippen LogP contribution < -0.4 is 0 Å². The molecule has 11 heteroatoms. The first-order valence-electron chi connectivity index (χ1n) is 14.0. The summed E-state index contributed by atoms with van der Waals surface area (Å²) < 4.78 is 22.8. The van der Waals surface area contributed by atoms with E-state index in [1.54, 1.807) is 19.3 Å². The lowest BCUT2D eigenvalue weighted by Crippen LogP contribution is -2.47. The van der Waals surface area contributed by atoms with Crippen LogP contribution in [0.25, 0.3) is 11.1 Å². The highest BCUT2D eigenvalue weighted by atomic mass is 19.1. The Morgan fingerprint density at radius 3 is 2.54 bits per heavy atom. The van der Waals surface area contributed by atoms with Crippen molar-refractivity contribution in [2.75, 3.05) is 32.8 Å². The molecule has 1 fully saturated rings. The molecule has 3 aromatic rings. The number of benzene rings is 2. The molecule has 10 nitrogen and oxygen atoms in total. The van der Waals surface area contributed by atoms with Crippen LogP contribution in [0.2, 0.25) is 0 Å². The Kier molecular flexibility index (Phi) is 7.21. The minimum absolute atomic E-state index is 0.0376. The van der Waals surface area contributed by atoms with Crippen LogP contribution in [0.3, 0.4) is 0 Å². The molecule has 0 spiro atoms. The van der Waals surface area contributed by atoms with Crippen LogP contribution in [0, 0.1) is 5.82 Å². The number of ether oxygens (including phenoxy) is 1. The predicted octanol–water partition coefficient (Wildman–Crippen LogP) is 3.69. The lowest BCUT2D eigenvalue weighted by Gasteiger charge is -2.33. The van der Waals surface area contributed by atoms with Gasteiger partial charge in [0.2, 0.25) is 0 Å². The molecule has 6 rings (SSSR count). The molecule has 4 heterocycles. The summed E-state index contributed by atoms with van der Waals surface area (Å²) in [5, 5.41) is 9.14. The van der Waals surface area contributed by atoms with E-state index in [1.807, 2.05) is 28.8 Å². The van der Waals surface area contributed by atoms with Crippen molar-refractivity contribution in [2.24, 2.45) is 0 Å². The number of esters is 1. The molecule has 1 N–H and O–H groups in total. The summed E-state index contributed by atoms with van der Waals surface area (Å²) in [6.07, 6.45) is 2.49. The van der Waals surface area contributed by atoms with Gasteiger partial charge in [-0.3, -0.25) is 9.69 Å². The molecule has 2 amide bonds. The lowest BCUT2D eigenvalue weighted by atomic mass is 9.99. The fraction of sp³-hybridized carbons (Fsp3) is 0.400. The van der Waals surface area contributed by atoms with Crippen molar-refractivity contribution in [3.63, 3.8) is 0 Å². The summed E-state index contributed by atoms with van der Waals surface area (Å²) in [4.78, 5) is 47.4. The van der Waals surface area contributed by atoms with Gasteiger partial charge in [0.15, 0.2) is 6.04 Å². The zero-order valence-electron chi connectivity index (χ0n) is 22.9. The summed E-state index contributed by atoms with van der Waals surface area (Å²) in [5.41, 5.74) is 4.33. The summed E-state index contributed by atoms with van der Waals surface area (Å²) in [6.45, 7) is 5.62. The van der Waals surface area contributed by atoms with Crippen LogP contribution in [-0.2, 0) is 35.6 Å². The molecule has 3 aliphatic heterocycles. The number of carbonyl (C=O) groups is 3. The molecule has 1 aromatic heterocycles. The van der Waals surface area contributed by atoms with Crippen molar-refractivity contribution >= 4 is 18.0 Å². The van der Waals surface area contributed by atoms with Gasteiger partial charge in [-0.2, -0.15) is 0 Å². The van der Waals surface area contributed by atoms with Gasteiger partial charge in [0, 0.05) is 56.1 Å². The first-order chi connectivity index (χ1) is 19.8. The quantitative estimate of drug-likeness (QED) is 0.439. The molecule has 41 heavy (non-hydrogen) atoms. The second-order valence-corrected chi connectivity index (χ2v) is 10.7. The topological polar surface area (TPSA) is 108 Å². The Morgan fingerprint density at radius 1 is 1.07 bits per heavy atom. The molecule has 1 unspecified atom stereocenters. The third-order valence-electron chi connectivity index (χ3n) is 8.22. The summed E-state index contributed by atoms with van der Waals surface area (Å²) in [7, 11) is 0. The summed E-state index contributed by atoms with van der Waals surface area (Å²) in [5.74, 6) is -1.48. The van der Waals surface area contributed by atoms with Gasteiger partial charge >= 0.3 is 12.1 Å². The molecule has 1 atom stereocenters. The average molecular weight is 562 g/mol. The maximum atomic E-state index is 15.5. The number of fused-ring (bicyclic) bond motifs is 2. The number of amides is 2. The highest BCUT2D eigenvalue weighted by molar-refractivity contribution is 6.02. The minimum atomic E-state index is -1.04. The van der Waals surface area contributed by atoms with Crippen LogP contribution in [0.5, 0.6) is 0 Å². The SMILES string of the molecule is CCOC(=O)C(c1ncn2c1CCC2)N1Cc2c(F)cc(-c3ccc(CN4CCN(C(=O)O)CC4)cc3)cc2C1=O. The van der Waals surface area contributed by atoms with Crippen LogP contribution in [-0.4, -0.2) is 80.1 Å². The van der Waals surface area contributed by atoms with Crippen molar-refractivity contribution in [1.29, 1.82) is 0 Å². The number of halogens is 1. The number of imidazole rings is 1. The molecule has 0 saturated carbocycles. The van der Waals surface area contributed by atoms with Crippen LogP contribution in [0.1, 0.15) is 52.3 Å². The number of carbonyl (C=O) groups excluding carboxylic acids is 2. The molecular weight excluding hydrogens is 529 g/mol. The van der Waals surface area contributed by atoms with Gasteiger partial charge in [0.05, 0.1) is 25.2 Å². The summed E-state index contributed by atoms with van der Waals surface area (Å²) in [6, 6.07) is 9.82. The van der Waals surface area contributed by atoms with E-state index in [-0.39, 0.29) is 24.3 Å². The minimum Gasteiger partial charge on any atom is -0.465 e. The monoisotopic (exact) mass is 561 g/mol. The Balaban J connectivity index is 1.22. The standard InChI is InChI=1S/C30H32FN5O5/c1-2-41-29(38)27(26-25-4-3-9-35(25)18-32-26)36-17-23-22(28(36)37)14-21(15-24(23)31)20-7-5-19(6-8-20)16-33-10-12-34(13-11-33)30(39)40/h5-8,14-15,18,27H,2-4,9-13,16-17H2,1H3,(H,39,40). The van der Waals surface area contributed by atoms with Crippen molar-refractivity contribution in [3.8, 4) is 11.1 Å². The fourth-order valence-corrected chi connectivity index (χ4v) is 6.06. The highest BCUT2D eigenvalue weighted by Gasteiger charge is 2.42. The molecule has 0 radical (unpaired) electrons. The van der Waals surface area contributed by atoms with Gasteiger partial charge in [0.1, 0.15) is 5.82 Å². The van der Waals surface area contributed by atoms with Gasteiger partial charge in [-0.15, -0.1) is 0 Å². The van der Waals surface area contributed by atoms with Gasteiger partial charge in [-0.25, -0.2) is 19.0 Å². The number of hydrogen-bond acceptors (Lipinski definition) is 6. The smallest absolute Gasteiger partial charge is 0.407 e.